The van der Waals surface area contributed by atoms with Gasteiger partial charge in [0.15, 0.2) is 0 Å². The Labute approximate surface area is 145 Å². The third-order valence-corrected chi connectivity index (χ3v) is 4.16. The Bertz CT molecular complexity index is 772. The van der Waals surface area contributed by atoms with Gasteiger partial charge in [0, 0.05) is 0 Å². The Morgan fingerprint density at radius 3 is 1.50 bits per heavy atom. The second-order valence-corrected chi connectivity index (χ2v) is 6.25. The van der Waals surface area contributed by atoms with E-state index in [4.69, 9.17) is 0 Å². The van der Waals surface area contributed by atoms with Gasteiger partial charge in [-0.15, -0.1) is 0 Å². The van der Waals surface area contributed by atoms with Gasteiger partial charge in [-0.2, -0.15) is 0 Å². The standard InChI is InChI=1S/C12H10.C10H12OP/c1-3-7-11(8-4-1)12-9-5-2-6-10-12;1-7-4-8(2)10(6-12-11)9(3)5-7/h1-10H;4-6H,1-3H3/q;+1. The zero-order valence-corrected chi connectivity index (χ0v) is 15.3. The number of aryl methyl sites for hydroxylation is 3. The third kappa shape index (κ3) is 5.15. The van der Waals surface area contributed by atoms with Crippen LogP contribution >= 0.6 is 8.08 Å². The normalized spacial score (nSPS) is 9.62. The van der Waals surface area contributed by atoms with Gasteiger partial charge < -0.3 is 0 Å². The van der Waals surface area contributed by atoms with Crippen LogP contribution in [0.2, 0.25) is 0 Å². The summed E-state index contributed by atoms with van der Waals surface area (Å²) in [5.41, 5.74) is 7.28. The Kier molecular flexibility index (Phi) is 6.90. The molecule has 24 heavy (non-hydrogen) atoms. The van der Waals surface area contributed by atoms with Gasteiger partial charge in [0.25, 0.3) is 0 Å². The molecule has 0 radical (unpaired) electrons. The van der Waals surface area contributed by atoms with Crippen molar-refractivity contribution in [1.29, 1.82) is 0 Å². The van der Waals surface area contributed by atoms with Crippen LogP contribution in [0, 0.1) is 20.8 Å². The van der Waals surface area contributed by atoms with E-state index in [0.29, 0.717) is 0 Å². The second-order valence-electron chi connectivity index (χ2n) is 5.78. The summed E-state index contributed by atoms with van der Waals surface area (Å²) in [6.45, 7) is 6.15. The molecule has 0 heterocycles. The van der Waals surface area contributed by atoms with Crippen LogP contribution in [0.4, 0.5) is 0 Å². The molecule has 0 aliphatic heterocycles. The Morgan fingerprint density at radius 2 is 1.12 bits per heavy atom. The monoisotopic (exact) mass is 333 g/mol. The maximum absolute atomic E-state index is 10.4. The smallest absolute Gasteiger partial charge is 0.0184 e. The maximum atomic E-state index is 10.4. The van der Waals surface area contributed by atoms with E-state index in [-0.39, 0.29) is 8.08 Å². The van der Waals surface area contributed by atoms with Crippen LogP contribution in [0.3, 0.4) is 0 Å². The molecule has 3 aromatic rings. The number of rotatable bonds is 2. The molecule has 0 amide bonds. The molecule has 3 aromatic carbocycles. The fourth-order valence-corrected chi connectivity index (χ4v) is 3.22. The zero-order chi connectivity index (χ0) is 17.4. The van der Waals surface area contributed by atoms with Gasteiger partial charge in [0.2, 0.25) is 0 Å². The van der Waals surface area contributed by atoms with E-state index in [1.54, 1.807) is 5.80 Å². The molecule has 0 N–H and O–H groups in total. The van der Waals surface area contributed by atoms with Crippen molar-refractivity contribution in [3.63, 3.8) is 0 Å². The van der Waals surface area contributed by atoms with Crippen LogP contribution < -0.4 is 0 Å². The van der Waals surface area contributed by atoms with Crippen molar-refractivity contribution in [1.82, 2.24) is 0 Å². The zero-order valence-electron chi connectivity index (χ0n) is 14.4. The summed E-state index contributed by atoms with van der Waals surface area (Å²) in [5, 5.41) is 0. The van der Waals surface area contributed by atoms with E-state index >= 15 is 0 Å². The number of hydrogen-bond donors (Lipinski definition) is 0. The molecule has 0 saturated carbocycles. The molecule has 0 saturated heterocycles. The van der Waals surface area contributed by atoms with Crippen molar-refractivity contribution in [2.24, 2.45) is 0 Å². The van der Waals surface area contributed by atoms with Gasteiger partial charge in [-0.3, -0.25) is 0 Å². The first-order valence-corrected chi connectivity index (χ1v) is 8.84. The van der Waals surface area contributed by atoms with E-state index < -0.39 is 0 Å². The first-order valence-electron chi connectivity index (χ1n) is 7.96. The molecule has 3 rings (SSSR count). The predicted molar refractivity (Wildman–Crippen MR) is 105 cm³/mol. The minimum Gasteiger partial charge on any atom is -0.0622 e. The van der Waals surface area contributed by atoms with Crippen LogP contribution in [-0.2, 0) is 4.57 Å². The summed E-state index contributed by atoms with van der Waals surface area (Å²) >= 11 is 0. The fourth-order valence-electron chi connectivity index (χ4n) is 2.71. The van der Waals surface area contributed by atoms with E-state index in [1.807, 2.05) is 26.0 Å². The van der Waals surface area contributed by atoms with E-state index in [2.05, 4.69) is 67.6 Å². The molecule has 0 spiro atoms. The van der Waals surface area contributed by atoms with Gasteiger partial charge in [0.1, 0.15) is 0 Å². The summed E-state index contributed by atoms with van der Waals surface area (Å²) in [6.07, 6.45) is 0. The minimum atomic E-state index is 0.0818. The third-order valence-electron chi connectivity index (χ3n) is 3.80. The van der Waals surface area contributed by atoms with E-state index in [1.165, 1.54) is 27.8 Å². The molecule has 120 valence electrons. The topological polar surface area (TPSA) is 17.1 Å². The van der Waals surface area contributed by atoms with Crippen molar-refractivity contribution in [3.05, 3.63) is 95.1 Å². The predicted octanol–water partition coefficient (Wildman–Crippen LogP) is 6.41. The molecule has 0 aliphatic rings. The fraction of sp³-hybridized carbons (Fsp3) is 0.136. The summed E-state index contributed by atoms with van der Waals surface area (Å²) < 4.78 is 10.4. The number of benzene rings is 3. The van der Waals surface area contributed by atoms with E-state index in [9.17, 15) is 4.57 Å². The Balaban J connectivity index is 0.000000174. The largest absolute Gasteiger partial charge is 0.0622 e. The first-order chi connectivity index (χ1) is 11.6. The average molecular weight is 333 g/mol. The van der Waals surface area contributed by atoms with Crippen LogP contribution in [0.1, 0.15) is 22.3 Å². The Morgan fingerprint density at radius 1 is 0.708 bits per heavy atom. The van der Waals surface area contributed by atoms with Crippen molar-refractivity contribution < 1.29 is 4.57 Å². The first kappa shape index (κ1) is 18.1. The molecule has 0 bridgehead atoms. The Hall–Kier alpha value is -2.24. The van der Waals surface area contributed by atoms with Crippen LogP contribution in [-0.4, -0.2) is 5.80 Å². The van der Waals surface area contributed by atoms with E-state index in [0.717, 1.165) is 5.56 Å². The van der Waals surface area contributed by atoms with Crippen LogP contribution in [0.15, 0.2) is 72.8 Å². The van der Waals surface area contributed by atoms with Gasteiger partial charge in [0.05, 0.1) is 0 Å². The minimum absolute atomic E-state index is 0.0818. The molecule has 0 unspecified atom stereocenters. The molecule has 1 nitrogen and oxygen atoms in total. The van der Waals surface area contributed by atoms with Crippen molar-refractivity contribution in [2.45, 2.75) is 20.8 Å². The molecule has 0 atom stereocenters. The van der Waals surface area contributed by atoms with Crippen molar-refractivity contribution in [3.8, 4) is 11.1 Å². The molecule has 0 fully saturated rings. The SMILES string of the molecule is Cc1cc(C)c(C=[P+]=O)c(C)c1.c1ccc(-c2ccccc2)cc1. The molecular weight excluding hydrogens is 311 g/mol. The molecular formula is C22H22OP+. The van der Waals surface area contributed by atoms with Gasteiger partial charge >= 0.3 is 73.6 Å². The molecule has 2 heteroatoms. The van der Waals surface area contributed by atoms with Crippen molar-refractivity contribution >= 4 is 13.9 Å². The summed E-state index contributed by atoms with van der Waals surface area (Å²) in [4.78, 5) is 0. The molecule has 0 aliphatic carbocycles. The summed E-state index contributed by atoms with van der Waals surface area (Å²) in [5.74, 6) is 1.71. The summed E-state index contributed by atoms with van der Waals surface area (Å²) in [6, 6.07) is 25.0. The van der Waals surface area contributed by atoms with Gasteiger partial charge in [-0.25, -0.2) is 0 Å². The van der Waals surface area contributed by atoms with Crippen molar-refractivity contribution in [2.75, 3.05) is 0 Å². The van der Waals surface area contributed by atoms with Crippen LogP contribution in [0.5, 0.6) is 0 Å². The second kappa shape index (κ2) is 9.15. The quantitative estimate of drug-likeness (QED) is 0.495. The maximum Gasteiger partial charge on any atom is -0.0184 e. The van der Waals surface area contributed by atoms with Crippen LogP contribution in [0.25, 0.3) is 11.1 Å². The van der Waals surface area contributed by atoms with Gasteiger partial charge in [-0.05, 0) is 11.1 Å². The van der Waals surface area contributed by atoms with Gasteiger partial charge in [-0.1, -0.05) is 60.7 Å². The average Bonchev–Trinajstić information content (AvgIpc) is 2.60. The number of hydrogen-bond acceptors (Lipinski definition) is 1. The summed E-state index contributed by atoms with van der Waals surface area (Å²) in [7, 11) is 0.0818. The molecule has 0 aromatic heterocycles.